The van der Waals surface area contributed by atoms with Crippen molar-refractivity contribution >= 4 is 23.2 Å². The smallest absolute Gasteiger partial charge is 0.255 e. The summed E-state index contributed by atoms with van der Waals surface area (Å²) in [4.78, 5) is 17.0. The Kier molecular flexibility index (Phi) is 5.39. The van der Waals surface area contributed by atoms with Crippen molar-refractivity contribution in [2.75, 3.05) is 19.5 Å². The van der Waals surface area contributed by atoms with E-state index in [2.05, 4.69) is 10.3 Å². The Morgan fingerprint density at radius 3 is 2.46 bits per heavy atom. The van der Waals surface area contributed by atoms with Crippen molar-refractivity contribution in [3.05, 3.63) is 71.4 Å². The van der Waals surface area contributed by atoms with Crippen LogP contribution >= 0.6 is 11.6 Å². The first-order valence-electron chi connectivity index (χ1n) is 7.86. The van der Waals surface area contributed by atoms with Crippen LogP contribution in [-0.2, 0) is 0 Å². The van der Waals surface area contributed by atoms with Gasteiger partial charge in [-0.3, -0.25) is 9.78 Å². The zero-order valence-electron chi connectivity index (χ0n) is 14.3. The van der Waals surface area contributed by atoms with Gasteiger partial charge in [-0.1, -0.05) is 17.7 Å². The van der Waals surface area contributed by atoms with Gasteiger partial charge in [0.2, 0.25) is 0 Å². The fourth-order valence-electron chi connectivity index (χ4n) is 2.54. The maximum absolute atomic E-state index is 12.7. The van der Waals surface area contributed by atoms with Gasteiger partial charge >= 0.3 is 0 Å². The molecule has 0 saturated heterocycles. The molecule has 0 fully saturated rings. The molecule has 0 aliphatic rings. The standard InChI is InChI=1S/C20H17ClN2O3/c1-25-18-8-6-13(11-15(18)16-5-3-4-10-22-16)20(24)23-17-12-14(21)7-9-19(17)26-2/h3-12H,1-2H3,(H,23,24). The van der Waals surface area contributed by atoms with E-state index in [1.54, 1.807) is 49.7 Å². The molecule has 1 amide bonds. The van der Waals surface area contributed by atoms with Crippen LogP contribution in [0.5, 0.6) is 11.5 Å². The highest BCUT2D eigenvalue weighted by molar-refractivity contribution is 6.31. The second-order valence-electron chi connectivity index (χ2n) is 5.43. The van der Waals surface area contributed by atoms with E-state index in [0.29, 0.717) is 27.8 Å². The minimum atomic E-state index is -0.287. The molecule has 0 radical (unpaired) electrons. The third-order valence-corrected chi connectivity index (χ3v) is 4.05. The zero-order valence-corrected chi connectivity index (χ0v) is 15.1. The molecule has 0 aliphatic heterocycles. The molecule has 0 spiro atoms. The third kappa shape index (κ3) is 3.78. The molecule has 0 aliphatic carbocycles. The highest BCUT2D eigenvalue weighted by Crippen LogP contribution is 2.31. The van der Waals surface area contributed by atoms with Crippen LogP contribution in [0.25, 0.3) is 11.3 Å². The molecule has 1 heterocycles. The summed E-state index contributed by atoms with van der Waals surface area (Å²) in [6, 6.07) is 15.8. The Bertz CT molecular complexity index is 930. The number of ether oxygens (including phenoxy) is 2. The monoisotopic (exact) mass is 368 g/mol. The predicted molar refractivity (Wildman–Crippen MR) is 102 cm³/mol. The zero-order chi connectivity index (χ0) is 18.5. The van der Waals surface area contributed by atoms with Crippen molar-refractivity contribution < 1.29 is 14.3 Å². The van der Waals surface area contributed by atoms with Gasteiger partial charge < -0.3 is 14.8 Å². The summed E-state index contributed by atoms with van der Waals surface area (Å²) in [7, 11) is 3.11. The van der Waals surface area contributed by atoms with Crippen LogP contribution in [0.3, 0.4) is 0 Å². The van der Waals surface area contributed by atoms with Crippen molar-refractivity contribution in [2.24, 2.45) is 0 Å². The highest BCUT2D eigenvalue weighted by Gasteiger charge is 2.14. The van der Waals surface area contributed by atoms with Crippen molar-refractivity contribution in [3.8, 4) is 22.8 Å². The summed E-state index contributed by atoms with van der Waals surface area (Å²) < 4.78 is 10.7. The van der Waals surface area contributed by atoms with Gasteiger partial charge in [0, 0.05) is 22.3 Å². The maximum atomic E-state index is 12.7. The van der Waals surface area contributed by atoms with Gasteiger partial charge in [0.15, 0.2) is 0 Å². The molecule has 0 saturated carbocycles. The van der Waals surface area contributed by atoms with Crippen molar-refractivity contribution in [1.29, 1.82) is 0 Å². The van der Waals surface area contributed by atoms with Gasteiger partial charge in [-0.25, -0.2) is 0 Å². The third-order valence-electron chi connectivity index (χ3n) is 3.81. The quantitative estimate of drug-likeness (QED) is 0.710. The van der Waals surface area contributed by atoms with Gasteiger partial charge in [0.05, 0.1) is 25.6 Å². The number of aromatic nitrogens is 1. The summed E-state index contributed by atoms with van der Waals surface area (Å²) in [6.07, 6.45) is 1.69. The fourth-order valence-corrected chi connectivity index (χ4v) is 2.72. The number of anilines is 1. The van der Waals surface area contributed by atoms with Gasteiger partial charge in [0.1, 0.15) is 11.5 Å². The van der Waals surface area contributed by atoms with Gasteiger partial charge in [-0.05, 0) is 48.5 Å². The van der Waals surface area contributed by atoms with Crippen molar-refractivity contribution in [2.45, 2.75) is 0 Å². The Balaban J connectivity index is 1.95. The molecule has 6 heteroatoms. The van der Waals surface area contributed by atoms with E-state index in [9.17, 15) is 4.79 Å². The molecule has 3 aromatic rings. The second-order valence-corrected chi connectivity index (χ2v) is 5.87. The molecule has 0 bridgehead atoms. The molecule has 2 aromatic carbocycles. The number of carbonyl (C=O) groups excluding carboxylic acids is 1. The predicted octanol–water partition coefficient (Wildman–Crippen LogP) is 4.67. The first-order valence-corrected chi connectivity index (χ1v) is 8.24. The maximum Gasteiger partial charge on any atom is 0.255 e. The number of methoxy groups -OCH3 is 2. The number of carbonyl (C=O) groups is 1. The summed E-state index contributed by atoms with van der Waals surface area (Å²) >= 11 is 6.02. The molecular weight excluding hydrogens is 352 g/mol. The van der Waals surface area contributed by atoms with Crippen molar-refractivity contribution in [3.63, 3.8) is 0 Å². The number of nitrogens with zero attached hydrogens (tertiary/aromatic N) is 1. The fraction of sp³-hybridized carbons (Fsp3) is 0.100. The summed E-state index contributed by atoms with van der Waals surface area (Å²) in [5.74, 6) is 0.882. The topological polar surface area (TPSA) is 60.5 Å². The summed E-state index contributed by atoms with van der Waals surface area (Å²) in [6.45, 7) is 0. The number of pyridine rings is 1. The molecular formula is C20H17ClN2O3. The van der Waals surface area contributed by atoms with Crippen molar-refractivity contribution in [1.82, 2.24) is 4.98 Å². The Morgan fingerprint density at radius 1 is 1.00 bits per heavy atom. The van der Waals surface area contributed by atoms with E-state index in [0.717, 1.165) is 11.3 Å². The van der Waals surface area contributed by atoms with E-state index in [4.69, 9.17) is 21.1 Å². The van der Waals surface area contributed by atoms with E-state index >= 15 is 0 Å². The highest BCUT2D eigenvalue weighted by atomic mass is 35.5. The Hall–Kier alpha value is -3.05. The molecule has 0 atom stereocenters. The Labute approximate surface area is 156 Å². The number of benzene rings is 2. The van der Waals surface area contributed by atoms with Gasteiger partial charge in [-0.15, -0.1) is 0 Å². The van der Waals surface area contributed by atoms with E-state index in [1.807, 2.05) is 18.2 Å². The van der Waals surface area contributed by atoms with Crippen LogP contribution in [0.4, 0.5) is 5.69 Å². The lowest BCUT2D eigenvalue weighted by molar-refractivity contribution is 0.102. The number of halogens is 1. The number of amides is 1. The van der Waals surface area contributed by atoms with Gasteiger partial charge in [-0.2, -0.15) is 0 Å². The van der Waals surface area contributed by atoms with Crippen LogP contribution in [0.1, 0.15) is 10.4 Å². The van der Waals surface area contributed by atoms with Crippen LogP contribution in [0, 0.1) is 0 Å². The first kappa shape index (κ1) is 17.8. The van der Waals surface area contributed by atoms with Crippen LogP contribution in [-0.4, -0.2) is 25.1 Å². The molecule has 5 nitrogen and oxygen atoms in total. The molecule has 3 rings (SSSR count). The van der Waals surface area contributed by atoms with E-state index < -0.39 is 0 Å². The Morgan fingerprint density at radius 2 is 1.77 bits per heavy atom. The lowest BCUT2D eigenvalue weighted by Gasteiger charge is -2.13. The SMILES string of the molecule is COc1ccc(Cl)cc1NC(=O)c1ccc(OC)c(-c2ccccn2)c1. The molecule has 26 heavy (non-hydrogen) atoms. The largest absolute Gasteiger partial charge is 0.496 e. The van der Waals surface area contributed by atoms with Crippen LogP contribution in [0.2, 0.25) is 5.02 Å². The average Bonchev–Trinajstić information content (AvgIpc) is 2.68. The number of hydrogen-bond acceptors (Lipinski definition) is 4. The minimum absolute atomic E-state index is 0.287. The number of nitrogens with one attached hydrogen (secondary N) is 1. The normalized spacial score (nSPS) is 10.3. The molecule has 1 aromatic heterocycles. The lowest BCUT2D eigenvalue weighted by Crippen LogP contribution is -2.13. The first-order chi connectivity index (χ1) is 12.6. The summed E-state index contributed by atoms with van der Waals surface area (Å²) in [5.41, 5.74) is 2.42. The van der Waals surface area contributed by atoms with Gasteiger partial charge in [0.25, 0.3) is 5.91 Å². The number of hydrogen-bond donors (Lipinski definition) is 1. The lowest BCUT2D eigenvalue weighted by atomic mass is 10.1. The van der Waals surface area contributed by atoms with Crippen LogP contribution < -0.4 is 14.8 Å². The molecule has 132 valence electrons. The molecule has 1 N–H and O–H groups in total. The molecule has 0 unspecified atom stereocenters. The average molecular weight is 369 g/mol. The van der Waals surface area contributed by atoms with E-state index in [-0.39, 0.29) is 5.91 Å². The van der Waals surface area contributed by atoms with Crippen LogP contribution in [0.15, 0.2) is 60.8 Å². The number of rotatable bonds is 5. The summed E-state index contributed by atoms with van der Waals surface area (Å²) in [5, 5.41) is 3.33. The minimum Gasteiger partial charge on any atom is -0.496 e. The second kappa shape index (κ2) is 7.89. The van der Waals surface area contributed by atoms with E-state index in [1.165, 1.54) is 7.11 Å².